The highest BCUT2D eigenvalue weighted by Gasteiger charge is 2.46. The van der Waals surface area contributed by atoms with E-state index in [4.69, 9.17) is 0 Å². The highest BCUT2D eigenvalue weighted by molar-refractivity contribution is 7.95. The molecule has 0 radical (unpaired) electrons. The van der Waals surface area contributed by atoms with Crippen LogP contribution in [0.15, 0.2) is 109 Å². The summed E-state index contributed by atoms with van der Waals surface area (Å²) in [5, 5.41) is 4.40. The lowest BCUT2D eigenvalue weighted by atomic mass is 9.63. The van der Waals surface area contributed by atoms with E-state index in [2.05, 4.69) is 144 Å². The molecule has 0 aromatic heterocycles. The first-order chi connectivity index (χ1) is 17.2. The fourth-order valence-electron chi connectivity index (χ4n) is 6.24. The number of benzene rings is 4. The third kappa shape index (κ3) is 4.46. The van der Waals surface area contributed by atoms with Crippen molar-refractivity contribution in [2.24, 2.45) is 0 Å². The van der Waals surface area contributed by atoms with Crippen molar-refractivity contribution in [2.45, 2.75) is 64.2 Å². The van der Waals surface area contributed by atoms with Crippen LogP contribution < -0.4 is 15.9 Å². The van der Waals surface area contributed by atoms with Gasteiger partial charge in [-0.2, -0.15) is 0 Å². The third-order valence-corrected chi connectivity index (χ3v) is 13.2. The van der Waals surface area contributed by atoms with E-state index in [1.54, 1.807) is 11.1 Å². The second kappa shape index (κ2) is 9.64. The van der Waals surface area contributed by atoms with Gasteiger partial charge in [0.15, 0.2) is 0 Å². The van der Waals surface area contributed by atoms with Gasteiger partial charge in [0.05, 0.1) is 6.16 Å². The fraction of sp³-hybridized carbons (Fsp3) is 0.314. The summed E-state index contributed by atoms with van der Waals surface area (Å²) in [6, 6.07) is 41.3. The minimum Gasteiger partial charge on any atom is -0.0620 e. The number of rotatable bonds is 6. The van der Waals surface area contributed by atoms with E-state index in [-0.39, 0.29) is 10.8 Å². The Morgan fingerprint density at radius 2 is 1.00 bits per heavy atom. The zero-order valence-corrected chi connectivity index (χ0v) is 23.4. The molecule has 0 bridgehead atoms. The van der Waals surface area contributed by atoms with E-state index in [1.165, 1.54) is 34.3 Å². The summed E-state index contributed by atoms with van der Waals surface area (Å²) in [6.45, 7) is 12.2. The van der Waals surface area contributed by atoms with Crippen LogP contribution in [0.3, 0.4) is 0 Å². The normalized spacial score (nSPS) is 17.2. The van der Waals surface area contributed by atoms with E-state index < -0.39 is 7.26 Å². The van der Waals surface area contributed by atoms with Crippen LogP contribution in [0.2, 0.25) is 0 Å². The van der Waals surface area contributed by atoms with Crippen LogP contribution >= 0.6 is 7.26 Å². The van der Waals surface area contributed by atoms with Gasteiger partial charge < -0.3 is 0 Å². The molecule has 4 aromatic carbocycles. The summed E-state index contributed by atoms with van der Waals surface area (Å²) in [7, 11) is -1.86. The molecule has 0 aliphatic heterocycles. The smallest absolute Gasteiger partial charge is 0.0620 e. The molecule has 0 fully saturated rings. The molecule has 1 unspecified atom stereocenters. The maximum absolute atomic E-state index is 2.57. The zero-order chi connectivity index (χ0) is 25.4. The maximum Gasteiger partial charge on any atom is 0.112 e. The molecular weight excluding hydrogens is 451 g/mol. The van der Waals surface area contributed by atoms with Crippen LogP contribution in [-0.4, -0.2) is 6.16 Å². The Morgan fingerprint density at radius 1 is 0.583 bits per heavy atom. The van der Waals surface area contributed by atoms with Gasteiger partial charge in [-0.05, 0) is 76.8 Å². The average molecular weight is 492 g/mol. The zero-order valence-electron chi connectivity index (χ0n) is 22.5. The molecule has 5 rings (SSSR count). The Morgan fingerprint density at radius 3 is 1.44 bits per heavy atom. The van der Waals surface area contributed by atoms with Gasteiger partial charge in [-0.15, -0.1) is 0 Å². The predicted molar refractivity (Wildman–Crippen MR) is 160 cm³/mol. The van der Waals surface area contributed by atoms with Crippen molar-refractivity contribution in [1.29, 1.82) is 0 Å². The monoisotopic (exact) mass is 491 g/mol. The second-order valence-electron chi connectivity index (χ2n) is 12.0. The summed E-state index contributed by atoms with van der Waals surface area (Å²) in [4.78, 5) is 0. The van der Waals surface area contributed by atoms with Crippen LogP contribution in [0, 0.1) is 0 Å². The minimum atomic E-state index is -1.86. The topological polar surface area (TPSA) is 0 Å². The summed E-state index contributed by atoms with van der Waals surface area (Å²) in [6.07, 6.45) is 3.63. The van der Waals surface area contributed by atoms with E-state index in [1.807, 2.05) is 0 Å². The van der Waals surface area contributed by atoms with Gasteiger partial charge in [-0.25, -0.2) is 0 Å². The Kier molecular flexibility index (Phi) is 6.69. The highest BCUT2D eigenvalue weighted by atomic mass is 31.2. The molecule has 0 nitrogen and oxygen atoms in total. The van der Waals surface area contributed by atoms with Crippen molar-refractivity contribution in [2.75, 3.05) is 6.16 Å². The van der Waals surface area contributed by atoms with Crippen molar-refractivity contribution in [3.8, 4) is 0 Å². The molecular formula is C35H40P+. The summed E-state index contributed by atoms with van der Waals surface area (Å²) < 4.78 is 0. The van der Waals surface area contributed by atoms with Crippen molar-refractivity contribution >= 4 is 23.2 Å². The van der Waals surface area contributed by atoms with Crippen molar-refractivity contribution in [3.05, 3.63) is 126 Å². The number of hydrogen-bond acceptors (Lipinski definition) is 0. The van der Waals surface area contributed by atoms with E-state index >= 15 is 0 Å². The third-order valence-electron chi connectivity index (χ3n) is 8.58. The summed E-state index contributed by atoms with van der Waals surface area (Å²) in [5.41, 5.74) is 5.06. The molecule has 0 N–H and O–H groups in total. The molecule has 1 aliphatic rings. The Balaban J connectivity index is 1.66. The van der Waals surface area contributed by atoms with Crippen molar-refractivity contribution < 1.29 is 0 Å². The SMILES string of the molecule is CC(C[P+](c1ccccc1)(c1ccccc1)c1ccccc1)c1ccc2c(c1)C(C)(C)CCC2(C)C. The molecule has 1 aliphatic carbocycles. The molecule has 4 aromatic rings. The van der Waals surface area contributed by atoms with Crippen LogP contribution in [0.4, 0.5) is 0 Å². The molecule has 0 saturated heterocycles. The number of fused-ring (bicyclic) bond motifs is 1. The van der Waals surface area contributed by atoms with E-state index in [0.717, 1.165) is 6.16 Å². The van der Waals surface area contributed by atoms with Gasteiger partial charge in [0.2, 0.25) is 0 Å². The van der Waals surface area contributed by atoms with Crippen LogP contribution in [-0.2, 0) is 10.8 Å². The quantitative estimate of drug-likeness (QED) is 0.239. The van der Waals surface area contributed by atoms with Crippen LogP contribution in [0.1, 0.15) is 70.1 Å². The fourth-order valence-corrected chi connectivity index (χ4v) is 10.8. The Labute approximate surface area is 219 Å². The van der Waals surface area contributed by atoms with Gasteiger partial charge in [0.1, 0.15) is 23.2 Å². The Bertz CT molecular complexity index is 1210. The molecule has 0 amide bonds. The van der Waals surface area contributed by atoms with Gasteiger partial charge in [-0.3, -0.25) is 0 Å². The van der Waals surface area contributed by atoms with Crippen molar-refractivity contribution in [1.82, 2.24) is 0 Å². The average Bonchev–Trinajstić information content (AvgIpc) is 2.91. The number of hydrogen-bond donors (Lipinski definition) is 0. The van der Waals surface area contributed by atoms with E-state index in [9.17, 15) is 0 Å². The largest absolute Gasteiger partial charge is 0.112 e. The van der Waals surface area contributed by atoms with Crippen LogP contribution in [0.25, 0.3) is 0 Å². The maximum atomic E-state index is 2.57. The molecule has 0 heterocycles. The van der Waals surface area contributed by atoms with Gasteiger partial charge in [-0.1, -0.05) is 107 Å². The Hall–Kier alpha value is -2.69. The van der Waals surface area contributed by atoms with Crippen LogP contribution in [0.5, 0.6) is 0 Å². The molecule has 1 atom stereocenters. The standard InChI is InChI=1S/C35H40P/c1-27(28-21-22-32-33(25-28)35(4,5)24-23-34(32,2)3)26-36(29-15-9-6-10-16-29,30-17-11-7-12-18-30)31-19-13-8-14-20-31/h6-22,25,27H,23-24,26H2,1-5H3/q+1. The molecule has 36 heavy (non-hydrogen) atoms. The second-order valence-corrected chi connectivity index (χ2v) is 15.5. The van der Waals surface area contributed by atoms with Gasteiger partial charge in [0, 0.05) is 5.92 Å². The van der Waals surface area contributed by atoms with Gasteiger partial charge >= 0.3 is 0 Å². The summed E-state index contributed by atoms with van der Waals surface area (Å²) in [5.74, 6) is 0.435. The van der Waals surface area contributed by atoms with E-state index in [0.29, 0.717) is 5.92 Å². The predicted octanol–water partition coefficient (Wildman–Crippen LogP) is 8.13. The first kappa shape index (κ1) is 25.0. The lowest BCUT2D eigenvalue weighted by Gasteiger charge is -2.42. The van der Waals surface area contributed by atoms with Crippen molar-refractivity contribution in [3.63, 3.8) is 0 Å². The molecule has 0 spiro atoms. The molecule has 0 saturated carbocycles. The summed E-state index contributed by atoms with van der Waals surface area (Å²) >= 11 is 0. The lowest BCUT2D eigenvalue weighted by molar-refractivity contribution is 0.331. The highest BCUT2D eigenvalue weighted by Crippen LogP contribution is 2.58. The first-order valence-corrected chi connectivity index (χ1v) is 15.4. The first-order valence-electron chi connectivity index (χ1n) is 13.4. The molecule has 1 heteroatoms. The van der Waals surface area contributed by atoms with Gasteiger partial charge in [0.25, 0.3) is 0 Å². The lowest BCUT2D eigenvalue weighted by Crippen LogP contribution is -2.35. The minimum absolute atomic E-state index is 0.227. The molecule has 184 valence electrons.